The number of allylic oxidation sites excluding steroid dienone is 1. The summed E-state index contributed by atoms with van der Waals surface area (Å²) in [7, 11) is 0. The lowest BCUT2D eigenvalue weighted by molar-refractivity contribution is -0.144. The van der Waals surface area contributed by atoms with Gasteiger partial charge in [0.15, 0.2) is 17.3 Å². The molecule has 4 rings (SSSR count). The van der Waals surface area contributed by atoms with Gasteiger partial charge >= 0.3 is 0 Å². The normalized spacial score (nSPS) is 20.6. The third-order valence-electron chi connectivity index (χ3n) is 10.3. The Kier molecular flexibility index (Phi) is 13.5. The highest BCUT2D eigenvalue weighted by molar-refractivity contribution is 6.38. The molecule has 2 aromatic rings. The maximum absolute atomic E-state index is 14.3. The third kappa shape index (κ3) is 9.25. The smallest absolute Gasteiger partial charge is 0.246 e. The fourth-order valence-electron chi connectivity index (χ4n) is 7.37. The summed E-state index contributed by atoms with van der Waals surface area (Å²) in [6, 6.07) is 7.87. The van der Waals surface area contributed by atoms with Crippen LogP contribution in [0.25, 0.3) is 0 Å². The minimum absolute atomic E-state index is 0.0156. The van der Waals surface area contributed by atoms with E-state index in [-0.39, 0.29) is 72.0 Å². The van der Waals surface area contributed by atoms with Crippen molar-refractivity contribution < 1.29 is 28.8 Å². The molecule has 268 valence electrons. The van der Waals surface area contributed by atoms with Crippen LogP contribution in [0.4, 0.5) is 0 Å². The van der Waals surface area contributed by atoms with E-state index >= 15 is 0 Å². The van der Waals surface area contributed by atoms with Crippen molar-refractivity contribution in [1.82, 2.24) is 20.2 Å². The number of benzene rings is 1. The van der Waals surface area contributed by atoms with Gasteiger partial charge in [-0.25, -0.2) is 4.98 Å². The second-order valence-corrected chi connectivity index (χ2v) is 14.7. The lowest BCUT2D eigenvalue weighted by Gasteiger charge is -2.33. The molecule has 0 saturated carbocycles. The van der Waals surface area contributed by atoms with Crippen molar-refractivity contribution in [1.29, 1.82) is 0 Å². The molecule has 0 spiro atoms. The van der Waals surface area contributed by atoms with Crippen LogP contribution in [-0.4, -0.2) is 68.4 Å². The van der Waals surface area contributed by atoms with Gasteiger partial charge in [0, 0.05) is 50.0 Å². The summed E-state index contributed by atoms with van der Waals surface area (Å²) in [4.78, 5) is 91.6. The first-order valence-corrected chi connectivity index (χ1v) is 18.0. The number of ketones is 4. The van der Waals surface area contributed by atoms with Gasteiger partial charge < -0.3 is 10.2 Å². The first-order valence-electron chi connectivity index (χ1n) is 18.0. The number of aromatic nitrogens is 2. The Bertz CT molecular complexity index is 1560. The van der Waals surface area contributed by atoms with Crippen molar-refractivity contribution in [2.75, 3.05) is 6.54 Å². The SMILES string of the molecule is CCCC(CC(=O)C1[C@H]2CC=CC2CN1C(=O)C(NC(=O)[C@H](CC(=O)c1cnccn1)C(C)C)C(C)C)C(=O)C(=O)C[C@@H](C)c1ccccc1. The topological polar surface area (TPSA) is 143 Å². The Balaban J connectivity index is 1.50. The fourth-order valence-corrected chi connectivity index (χ4v) is 7.37. The predicted molar refractivity (Wildman–Crippen MR) is 190 cm³/mol. The zero-order chi connectivity index (χ0) is 36.5. The number of fused-ring (bicyclic) bond motifs is 1. The van der Waals surface area contributed by atoms with Gasteiger partial charge in [-0.05, 0) is 48.0 Å². The number of hydrogen-bond donors (Lipinski definition) is 1. The number of hydrogen-bond acceptors (Lipinski definition) is 8. The number of carbonyl (C=O) groups is 6. The molecule has 4 unspecified atom stereocenters. The average Bonchev–Trinajstić information content (AvgIpc) is 3.71. The van der Waals surface area contributed by atoms with Crippen molar-refractivity contribution >= 4 is 34.9 Å². The fraction of sp³-hybridized carbons (Fsp3) is 0.550. The van der Waals surface area contributed by atoms with Gasteiger partial charge in [0.2, 0.25) is 17.6 Å². The molecule has 1 aromatic heterocycles. The summed E-state index contributed by atoms with van der Waals surface area (Å²) < 4.78 is 0. The molecule has 1 aliphatic heterocycles. The Morgan fingerprint density at radius 3 is 2.26 bits per heavy atom. The molecule has 7 atom stereocenters. The van der Waals surface area contributed by atoms with Crippen LogP contribution in [0.3, 0.4) is 0 Å². The van der Waals surface area contributed by atoms with E-state index in [1.165, 1.54) is 18.6 Å². The Morgan fingerprint density at radius 2 is 1.64 bits per heavy atom. The van der Waals surface area contributed by atoms with E-state index in [2.05, 4.69) is 15.3 Å². The summed E-state index contributed by atoms with van der Waals surface area (Å²) >= 11 is 0. The van der Waals surface area contributed by atoms with Crippen molar-refractivity contribution in [3.63, 3.8) is 0 Å². The lowest BCUT2D eigenvalue weighted by atomic mass is 9.82. The molecule has 1 N–H and O–H groups in total. The quantitative estimate of drug-likeness (QED) is 0.122. The molecule has 1 fully saturated rings. The number of nitrogens with one attached hydrogen (secondary N) is 1. The maximum atomic E-state index is 14.3. The van der Waals surface area contributed by atoms with E-state index < -0.39 is 41.4 Å². The Hall–Kier alpha value is -4.34. The zero-order valence-corrected chi connectivity index (χ0v) is 30.2. The summed E-state index contributed by atoms with van der Waals surface area (Å²) in [5.41, 5.74) is 1.15. The summed E-state index contributed by atoms with van der Waals surface area (Å²) in [6.07, 6.45) is 9.85. The van der Waals surface area contributed by atoms with Gasteiger partial charge in [0.1, 0.15) is 11.7 Å². The highest BCUT2D eigenvalue weighted by Crippen LogP contribution is 2.40. The zero-order valence-electron chi connectivity index (χ0n) is 30.2. The second-order valence-electron chi connectivity index (χ2n) is 14.7. The Morgan fingerprint density at radius 1 is 0.920 bits per heavy atom. The van der Waals surface area contributed by atoms with Gasteiger partial charge in [-0.1, -0.05) is 90.4 Å². The highest BCUT2D eigenvalue weighted by atomic mass is 16.2. The van der Waals surface area contributed by atoms with E-state index in [1.54, 1.807) is 4.90 Å². The van der Waals surface area contributed by atoms with Crippen molar-refractivity contribution in [3.8, 4) is 0 Å². The molecule has 50 heavy (non-hydrogen) atoms. The number of rotatable bonds is 18. The molecule has 2 aliphatic rings. The third-order valence-corrected chi connectivity index (χ3v) is 10.3. The number of nitrogens with zero attached hydrogens (tertiary/aromatic N) is 3. The number of Topliss-reactive ketones (excluding diaryl/α,β-unsaturated/α-hetero) is 4. The van der Waals surface area contributed by atoms with E-state index in [1.807, 2.05) is 84.0 Å². The largest absolute Gasteiger partial charge is 0.344 e. The average molecular weight is 685 g/mol. The number of amides is 2. The molecule has 10 heteroatoms. The van der Waals surface area contributed by atoms with Crippen LogP contribution >= 0.6 is 0 Å². The van der Waals surface area contributed by atoms with E-state index in [0.29, 0.717) is 25.8 Å². The minimum atomic E-state index is -0.928. The van der Waals surface area contributed by atoms with Crippen LogP contribution in [0.5, 0.6) is 0 Å². The first-order chi connectivity index (χ1) is 23.8. The standard InChI is InChI=1S/C40H52N4O6/c1-7-12-28(38(48)35(47)19-26(6)27-13-9-8-10-14-27)20-34(46)37-30-16-11-15-29(30)23-44(37)40(50)36(25(4)5)43-39(49)31(24(2)3)21-33(45)32-22-41-17-18-42-32/h8-11,13-15,17-18,22,24-26,28-31,36-37H,7,12,16,19-21,23H2,1-6H3,(H,43,49)/t26-,28?,29?,30+,31-,36?,37?/m1/s1. The monoisotopic (exact) mass is 684 g/mol. The van der Waals surface area contributed by atoms with Crippen LogP contribution < -0.4 is 5.32 Å². The molecule has 0 bridgehead atoms. The van der Waals surface area contributed by atoms with Gasteiger partial charge in [-0.15, -0.1) is 0 Å². The summed E-state index contributed by atoms with van der Waals surface area (Å²) in [5.74, 6) is -4.57. The van der Waals surface area contributed by atoms with E-state index in [4.69, 9.17) is 0 Å². The van der Waals surface area contributed by atoms with Crippen LogP contribution in [0, 0.1) is 35.5 Å². The van der Waals surface area contributed by atoms with Crippen molar-refractivity contribution in [2.45, 2.75) is 98.1 Å². The number of carbonyl (C=O) groups excluding carboxylic acids is 6. The van der Waals surface area contributed by atoms with Crippen LogP contribution in [0.15, 0.2) is 61.1 Å². The molecule has 2 amide bonds. The molecule has 0 radical (unpaired) electrons. The second kappa shape index (κ2) is 17.5. The maximum Gasteiger partial charge on any atom is 0.246 e. The molecule has 1 aromatic carbocycles. The van der Waals surface area contributed by atoms with Gasteiger partial charge in [-0.3, -0.25) is 33.8 Å². The van der Waals surface area contributed by atoms with Gasteiger partial charge in [0.05, 0.1) is 12.2 Å². The molecule has 10 nitrogen and oxygen atoms in total. The Labute approximate surface area is 295 Å². The van der Waals surface area contributed by atoms with E-state index in [0.717, 1.165) is 5.56 Å². The van der Waals surface area contributed by atoms with Crippen LogP contribution in [0.1, 0.15) is 102 Å². The van der Waals surface area contributed by atoms with E-state index in [9.17, 15) is 28.8 Å². The molecule has 1 aliphatic carbocycles. The molecule has 2 heterocycles. The van der Waals surface area contributed by atoms with Gasteiger partial charge in [-0.2, -0.15) is 0 Å². The lowest BCUT2D eigenvalue weighted by Crippen LogP contribution is -2.56. The molecular formula is C40H52N4O6. The first kappa shape index (κ1) is 38.5. The van der Waals surface area contributed by atoms with Gasteiger partial charge in [0.25, 0.3) is 0 Å². The van der Waals surface area contributed by atoms with Crippen LogP contribution in [-0.2, 0) is 24.0 Å². The number of likely N-dealkylation sites (tertiary alicyclic amines) is 1. The van der Waals surface area contributed by atoms with Crippen molar-refractivity contribution in [3.05, 3.63) is 72.3 Å². The summed E-state index contributed by atoms with van der Waals surface area (Å²) in [5, 5.41) is 2.94. The van der Waals surface area contributed by atoms with Crippen molar-refractivity contribution in [2.24, 2.45) is 35.5 Å². The predicted octanol–water partition coefficient (Wildman–Crippen LogP) is 5.57. The highest BCUT2D eigenvalue weighted by Gasteiger charge is 2.50. The molecule has 1 saturated heterocycles. The summed E-state index contributed by atoms with van der Waals surface area (Å²) in [6.45, 7) is 11.5. The van der Waals surface area contributed by atoms with Crippen LogP contribution in [0.2, 0.25) is 0 Å². The minimum Gasteiger partial charge on any atom is -0.344 e. The molecular weight excluding hydrogens is 632 g/mol.